The monoisotopic (exact) mass is 376 g/mol. The molecular formula is C14H18F6N2O3. The average Bonchev–Trinajstić information content (AvgIpc) is 2.92. The van der Waals surface area contributed by atoms with Crippen molar-refractivity contribution in [3.8, 4) is 0 Å². The summed E-state index contributed by atoms with van der Waals surface area (Å²) < 4.78 is 77.0. The lowest BCUT2D eigenvalue weighted by atomic mass is 9.85. The summed E-state index contributed by atoms with van der Waals surface area (Å²) in [6, 6.07) is -1.74. The third kappa shape index (κ3) is 4.69. The predicted molar refractivity (Wildman–Crippen MR) is 72.6 cm³/mol. The highest BCUT2D eigenvalue weighted by Gasteiger charge is 2.53. The molecule has 2 rings (SSSR count). The van der Waals surface area contributed by atoms with Crippen LogP contribution in [-0.2, 0) is 4.79 Å². The number of hydrogen-bond donors (Lipinski definition) is 2. The lowest BCUT2D eigenvalue weighted by Gasteiger charge is -2.32. The lowest BCUT2D eigenvalue weighted by molar-refractivity contribution is -0.188. The molecule has 0 bridgehead atoms. The fraction of sp³-hybridized carbons (Fsp3) is 0.857. The number of halogens is 6. The Hall–Kier alpha value is -1.68. The van der Waals surface area contributed by atoms with Crippen LogP contribution in [0.4, 0.5) is 31.1 Å². The maximum absolute atomic E-state index is 12.9. The van der Waals surface area contributed by atoms with Crippen molar-refractivity contribution in [1.82, 2.24) is 10.2 Å². The van der Waals surface area contributed by atoms with Gasteiger partial charge in [0, 0.05) is 19.1 Å². The van der Waals surface area contributed by atoms with Gasteiger partial charge in [-0.1, -0.05) is 6.42 Å². The smallest absolute Gasteiger partial charge is 0.394 e. The highest BCUT2D eigenvalue weighted by atomic mass is 19.4. The zero-order valence-electron chi connectivity index (χ0n) is 13.0. The molecule has 1 heterocycles. The molecule has 0 aromatic carbocycles. The molecule has 0 radical (unpaired) electrons. The number of urea groups is 1. The normalized spacial score (nSPS) is 31.0. The van der Waals surface area contributed by atoms with E-state index in [0.717, 1.165) is 0 Å². The van der Waals surface area contributed by atoms with E-state index >= 15 is 0 Å². The molecule has 1 saturated heterocycles. The first-order valence-corrected chi connectivity index (χ1v) is 7.81. The first-order chi connectivity index (χ1) is 11.4. The van der Waals surface area contributed by atoms with E-state index in [9.17, 15) is 35.9 Å². The number of carboxylic acids is 1. The Morgan fingerprint density at radius 2 is 1.64 bits per heavy atom. The van der Waals surface area contributed by atoms with E-state index in [0.29, 0.717) is 11.3 Å². The number of nitrogens with zero attached hydrogens (tertiary/aromatic N) is 1. The second kappa shape index (κ2) is 6.91. The molecule has 2 fully saturated rings. The van der Waals surface area contributed by atoms with Crippen molar-refractivity contribution in [2.75, 3.05) is 13.1 Å². The van der Waals surface area contributed by atoms with E-state index in [4.69, 9.17) is 5.11 Å². The van der Waals surface area contributed by atoms with Gasteiger partial charge >= 0.3 is 24.4 Å². The number of carbonyl (C=O) groups is 2. The Labute approximate surface area is 139 Å². The maximum Gasteiger partial charge on any atom is 0.394 e. The van der Waals surface area contributed by atoms with Gasteiger partial charge in [0.2, 0.25) is 0 Å². The Kier molecular flexibility index (Phi) is 5.43. The molecule has 2 unspecified atom stereocenters. The number of nitrogens with one attached hydrogen (secondary N) is 1. The van der Waals surface area contributed by atoms with Gasteiger partial charge in [0.15, 0.2) is 0 Å². The standard InChI is InChI=1S/C14H18F6N2O3/c15-13(16,17)7-2-1-3-8(4-7)21-12(25)22-5-9(11(23)24)10(6-22)14(18,19)20/h7-10H,1-6H2,(H,21,25)(H,23,24)/t7?,8?,9-,10-/m1/s1. The molecule has 1 saturated carbocycles. The van der Waals surface area contributed by atoms with Crippen molar-refractivity contribution in [2.45, 2.75) is 44.1 Å². The largest absolute Gasteiger partial charge is 0.481 e. The molecule has 0 aromatic rings. The molecule has 2 aliphatic rings. The number of aliphatic carboxylic acids is 1. The minimum Gasteiger partial charge on any atom is -0.481 e. The molecule has 144 valence electrons. The molecule has 11 heteroatoms. The topological polar surface area (TPSA) is 69.6 Å². The third-order valence-electron chi connectivity index (χ3n) is 4.81. The third-order valence-corrected chi connectivity index (χ3v) is 4.81. The molecule has 25 heavy (non-hydrogen) atoms. The van der Waals surface area contributed by atoms with Crippen LogP contribution in [0.15, 0.2) is 0 Å². The highest BCUT2D eigenvalue weighted by Crippen LogP contribution is 2.39. The molecule has 1 aliphatic carbocycles. The van der Waals surface area contributed by atoms with Crippen molar-refractivity contribution >= 4 is 12.0 Å². The Balaban J connectivity index is 1.98. The molecule has 4 atom stereocenters. The number of amides is 2. The summed E-state index contributed by atoms with van der Waals surface area (Å²) in [6.07, 6.45) is -8.97. The zero-order valence-corrected chi connectivity index (χ0v) is 13.0. The van der Waals surface area contributed by atoms with E-state index in [1.165, 1.54) is 0 Å². The van der Waals surface area contributed by atoms with Gasteiger partial charge in [0.05, 0.1) is 17.8 Å². The number of rotatable bonds is 2. The van der Waals surface area contributed by atoms with Crippen LogP contribution < -0.4 is 5.32 Å². The molecule has 0 aromatic heterocycles. The molecule has 1 aliphatic heterocycles. The van der Waals surface area contributed by atoms with Crippen LogP contribution in [0.25, 0.3) is 0 Å². The van der Waals surface area contributed by atoms with Crippen LogP contribution in [0.5, 0.6) is 0 Å². The summed E-state index contributed by atoms with van der Waals surface area (Å²) in [5, 5.41) is 11.2. The van der Waals surface area contributed by atoms with E-state index in [1.54, 1.807) is 0 Å². The van der Waals surface area contributed by atoms with Crippen LogP contribution in [-0.4, -0.2) is 53.5 Å². The van der Waals surface area contributed by atoms with Gasteiger partial charge in [-0.15, -0.1) is 0 Å². The Morgan fingerprint density at radius 3 is 2.12 bits per heavy atom. The Morgan fingerprint density at radius 1 is 1.00 bits per heavy atom. The predicted octanol–water partition coefficient (Wildman–Crippen LogP) is 3.01. The number of likely N-dealkylation sites (tertiary alicyclic amines) is 1. The van der Waals surface area contributed by atoms with Gasteiger partial charge in [-0.25, -0.2) is 4.79 Å². The van der Waals surface area contributed by atoms with Crippen LogP contribution >= 0.6 is 0 Å². The maximum atomic E-state index is 12.9. The average molecular weight is 376 g/mol. The SMILES string of the molecule is O=C(O)[C@@H]1CN(C(=O)NC2CCCC(C(F)(F)F)C2)C[C@H]1C(F)(F)F. The summed E-state index contributed by atoms with van der Waals surface area (Å²) >= 11 is 0. The zero-order chi connectivity index (χ0) is 19.0. The highest BCUT2D eigenvalue weighted by molar-refractivity contribution is 5.78. The number of hydrogen-bond acceptors (Lipinski definition) is 2. The van der Waals surface area contributed by atoms with Crippen molar-refractivity contribution in [3.05, 3.63) is 0 Å². The van der Waals surface area contributed by atoms with Gasteiger partial charge in [-0.05, 0) is 19.3 Å². The van der Waals surface area contributed by atoms with Crippen molar-refractivity contribution in [1.29, 1.82) is 0 Å². The molecule has 2 N–H and O–H groups in total. The molecule has 5 nitrogen and oxygen atoms in total. The van der Waals surface area contributed by atoms with Gasteiger partial charge in [0.1, 0.15) is 0 Å². The molecule has 2 amide bonds. The first kappa shape index (κ1) is 19.6. The Bertz CT molecular complexity index is 522. The van der Waals surface area contributed by atoms with E-state index in [2.05, 4.69) is 5.32 Å². The van der Waals surface area contributed by atoms with E-state index < -0.39 is 61.2 Å². The van der Waals surface area contributed by atoms with Gasteiger partial charge in [0.25, 0.3) is 0 Å². The molecule has 0 spiro atoms. The van der Waals surface area contributed by atoms with Crippen molar-refractivity contribution in [3.63, 3.8) is 0 Å². The van der Waals surface area contributed by atoms with Crippen LogP contribution in [0.1, 0.15) is 25.7 Å². The van der Waals surface area contributed by atoms with Crippen molar-refractivity contribution < 1.29 is 41.0 Å². The van der Waals surface area contributed by atoms with Gasteiger partial charge in [-0.3, -0.25) is 4.79 Å². The first-order valence-electron chi connectivity index (χ1n) is 7.81. The van der Waals surface area contributed by atoms with Gasteiger partial charge in [-0.2, -0.15) is 26.3 Å². The quantitative estimate of drug-likeness (QED) is 0.728. The second-order valence-electron chi connectivity index (χ2n) is 6.55. The summed E-state index contributed by atoms with van der Waals surface area (Å²) in [7, 11) is 0. The van der Waals surface area contributed by atoms with Crippen LogP contribution in [0, 0.1) is 17.8 Å². The minimum absolute atomic E-state index is 0.0448. The number of alkyl halides is 6. The summed E-state index contributed by atoms with van der Waals surface area (Å²) in [5.74, 6) is -7.18. The lowest BCUT2D eigenvalue weighted by Crippen LogP contribution is -2.47. The van der Waals surface area contributed by atoms with E-state index in [1.807, 2.05) is 0 Å². The summed E-state index contributed by atoms with van der Waals surface area (Å²) in [4.78, 5) is 23.8. The van der Waals surface area contributed by atoms with Crippen LogP contribution in [0.2, 0.25) is 0 Å². The van der Waals surface area contributed by atoms with Crippen molar-refractivity contribution in [2.24, 2.45) is 17.8 Å². The number of carbonyl (C=O) groups excluding carboxylic acids is 1. The fourth-order valence-electron chi connectivity index (χ4n) is 3.44. The molecular weight excluding hydrogens is 358 g/mol. The summed E-state index contributed by atoms with van der Waals surface area (Å²) in [5.41, 5.74) is 0. The fourth-order valence-corrected chi connectivity index (χ4v) is 3.44. The number of carboxylic acid groups (broad SMARTS) is 1. The van der Waals surface area contributed by atoms with Gasteiger partial charge < -0.3 is 15.3 Å². The van der Waals surface area contributed by atoms with E-state index in [-0.39, 0.29) is 19.3 Å². The second-order valence-corrected chi connectivity index (χ2v) is 6.55. The van der Waals surface area contributed by atoms with Crippen LogP contribution in [0.3, 0.4) is 0 Å². The minimum atomic E-state index is -4.77. The summed E-state index contributed by atoms with van der Waals surface area (Å²) in [6.45, 7) is -1.44.